The Labute approximate surface area is 117 Å². The van der Waals surface area contributed by atoms with Crippen molar-refractivity contribution in [2.75, 3.05) is 5.32 Å². The van der Waals surface area contributed by atoms with Crippen LogP contribution in [-0.4, -0.2) is 4.98 Å². The molecule has 1 aromatic heterocycles. The van der Waals surface area contributed by atoms with E-state index in [2.05, 4.69) is 34.6 Å². The van der Waals surface area contributed by atoms with Gasteiger partial charge in [-0.2, -0.15) is 0 Å². The van der Waals surface area contributed by atoms with Gasteiger partial charge in [0.05, 0.1) is 6.04 Å². The molecule has 1 aromatic carbocycles. The molecule has 0 bridgehead atoms. The number of pyridine rings is 1. The molecule has 0 saturated carbocycles. The summed E-state index contributed by atoms with van der Waals surface area (Å²) in [5.74, 6) is 0.596. The Morgan fingerprint density at radius 2 is 2.00 bits per heavy atom. The Kier molecular flexibility index (Phi) is 2.59. The van der Waals surface area contributed by atoms with E-state index in [9.17, 15) is 4.39 Å². The van der Waals surface area contributed by atoms with Crippen molar-refractivity contribution in [1.82, 2.24) is 4.98 Å². The summed E-state index contributed by atoms with van der Waals surface area (Å²) in [5, 5.41) is 3.58. The van der Waals surface area contributed by atoms with Crippen LogP contribution in [0.5, 0.6) is 0 Å². The number of rotatable bonds is 1. The number of allylic oxidation sites excluding steroid dienone is 2. The molecule has 0 saturated heterocycles. The topological polar surface area (TPSA) is 24.9 Å². The van der Waals surface area contributed by atoms with Crippen LogP contribution < -0.4 is 5.32 Å². The average Bonchev–Trinajstić information content (AvgIpc) is 2.97. The lowest BCUT2D eigenvalue weighted by atomic mass is 9.77. The van der Waals surface area contributed by atoms with E-state index in [0.29, 0.717) is 11.8 Å². The van der Waals surface area contributed by atoms with Crippen molar-refractivity contribution >= 4 is 5.69 Å². The van der Waals surface area contributed by atoms with Gasteiger partial charge in [0.2, 0.25) is 0 Å². The highest BCUT2D eigenvalue weighted by Crippen LogP contribution is 2.49. The highest BCUT2D eigenvalue weighted by Gasteiger charge is 2.37. The number of halogens is 1. The molecule has 0 fully saturated rings. The zero-order valence-corrected chi connectivity index (χ0v) is 11.0. The van der Waals surface area contributed by atoms with Gasteiger partial charge >= 0.3 is 0 Å². The molecule has 2 heterocycles. The van der Waals surface area contributed by atoms with Crippen molar-refractivity contribution in [3.63, 3.8) is 0 Å². The van der Waals surface area contributed by atoms with Crippen molar-refractivity contribution in [1.29, 1.82) is 0 Å². The summed E-state index contributed by atoms with van der Waals surface area (Å²) in [6.45, 7) is 0. The van der Waals surface area contributed by atoms with Gasteiger partial charge in [-0.3, -0.25) is 4.98 Å². The molecular formula is C17H15FN2. The fraction of sp³-hybridized carbons (Fsp3) is 0.235. The smallest absolute Gasteiger partial charge is 0.123 e. The number of anilines is 1. The van der Waals surface area contributed by atoms with Crippen LogP contribution in [-0.2, 0) is 0 Å². The molecule has 0 unspecified atom stereocenters. The molecule has 3 heteroatoms. The van der Waals surface area contributed by atoms with Crippen LogP contribution in [0, 0.1) is 11.7 Å². The molecule has 100 valence electrons. The summed E-state index contributed by atoms with van der Waals surface area (Å²) in [5.41, 5.74) is 3.36. The highest BCUT2D eigenvalue weighted by molar-refractivity contribution is 5.59. The van der Waals surface area contributed by atoms with E-state index in [0.717, 1.165) is 17.7 Å². The minimum atomic E-state index is -0.160. The Morgan fingerprint density at radius 1 is 1.15 bits per heavy atom. The largest absolute Gasteiger partial charge is 0.378 e. The molecule has 2 nitrogen and oxygen atoms in total. The molecule has 0 radical (unpaired) electrons. The van der Waals surface area contributed by atoms with Gasteiger partial charge in [-0.15, -0.1) is 0 Å². The van der Waals surface area contributed by atoms with Crippen LogP contribution in [0.2, 0.25) is 0 Å². The van der Waals surface area contributed by atoms with E-state index in [1.807, 2.05) is 18.5 Å². The van der Waals surface area contributed by atoms with Gasteiger partial charge < -0.3 is 5.32 Å². The molecular weight excluding hydrogens is 251 g/mol. The summed E-state index contributed by atoms with van der Waals surface area (Å²) < 4.78 is 13.5. The van der Waals surface area contributed by atoms with Crippen LogP contribution >= 0.6 is 0 Å². The van der Waals surface area contributed by atoms with Crippen molar-refractivity contribution < 1.29 is 4.39 Å². The van der Waals surface area contributed by atoms with Gasteiger partial charge in [-0.05, 0) is 53.8 Å². The van der Waals surface area contributed by atoms with Crippen LogP contribution in [0.1, 0.15) is 29.5 Å². The zero-order chi connectivity index (χ0) is 13.5. The SMILES string of the molecule is Fc1ccc2c(c1)[C@H]1C=CC[C@@H]1[C@@H](c1ccncc1)N2. The van der Waals surface area contributed by atoms with Gasteiger partial charge in [0.15, 0.2) is 0 Å². The summed E-state index contributed by atoms with van der Waals surface area (Å²) in [7, 11) is 0. The molecule has 3 atom stereocenters. The monoisotopic (exact) mass is 266 g/mol. The third-order valence-electron chi connectivity index (χ3n) is 4.39. The Hall–Kier alpha value is -2.16. The fourth-order valence-corrected chi connectivity index (χ4v) is 3.47. The lowest BCUT2D eigenvalue weighted by Crippen LogP contribution is -2.29. The van der Waals surface area contributed by atoms with Gasteiger partial charge in [0, 0.05) is 24.0 Å². The van der Waals surface area contributed by atoms with Crippen molar-refractivity contribution in [3.05, 3.63) is 71.8 Å². The van der Waals surface area contributed by atoms with Crippen LogP contribution in [0.15, 0.2) is 54.9 Å². The summed E-state index contributed by atoms with van der Waals surface area (Å²) in [4.78, 5) is 4.09. The van der Waals surface area contributed by atoms with E-state index in [1.165, 1.54) is 11.6 Å². The summed E-state index contributed by atoms with van der Waals surface area (Å²) in [6.07, 6.45) is 9.12. The minimum Gasteiger partial charge on any atom is -0.378 e. The van der Waals surface area contributed by atoms with Gasteiger partial charge in [-0.25, -0.2) is 4.39 Å². The predicted molar refractivity (Wildman–Crippen MR) is 77.0 cm³/mol. The van der Waals surface area contributed by atoms with Crippen LogP contribution in [0.25, 0.3) is 0 Å². The minimum absolute atomic E-state index is 0.160. The lowest BCUT2D eigenvalue weighted by Gasteiger charge is -2.37. The summed E-state index contributed by atoms with van der Waals surface area (Å²) >= 11 is 0. The van der Waals surface area contributed by atoms with E-state index in [1.54, 1.807) is 6.07 Å². The van der Waals surface area contributed by atoms with Crippen molar-refractivity contribution in [2.45, 2.75) is 18.4 Å². The third-order valence-corrected chi connectivity index (χ3v) is 4.39. The number of hydrogen-bond donors (Lipinski definition) is 1. The molecule has 1 aliphatic heterocycles. The quantitative estimate of drug-likeness (QED) is 0.788. The molecule has 20 heavy (non-hydrogen) atoms. The van der Waals surface area contributed by atoms with E-state index in [-0.39, 0.29) is 11.9 Å². The molecule has 2 aromatic rings. The van der Waals surface area contributed by atoms with Crippen molar-refractivity contribution in [2.24, 2.45) is 5.92 Å². The molecule has 1 aliphatic carbocycles. The molecule has 0 spiro atoms. The Balaban J connectivity index is 1.80. The number of aromatic nitrogens is 1. The first-order chi connectivity index (χ1) is 9.83. The second-order valence-electron chi connectivity index (χ2n) is 5.49. The second kappa shape index (κ2) is 4.44. The number of hydrogen-bond acceptors (Lipinski definition) is 2. The second-order valence-corrected chi connectivity index (χ2v) is 5.49. The van der Waals surface area contributed by atoms with Crippen LogP contribution in [0.4, 0.5) is 10.1 Å². The lowest BCUT2D eigenvalue weighted by molar-refractivity contribution is 0.424. The first-order valence-corrected chi connectivity index (χ1v) is 6.95. The number of benzene rings is 1. The first-order valence-electron chi connectivity index (χ1n) is 6.95. The van der Waals surface area contributed by atoms with Crippen LogP contribution in [0.3, 0.4) is 0 Å². The van der Waals surface area contributed by atoms with Gasteiger partial charge in [0.1, 0.15) is 5.82 Å². The Bertz CT molecular complexity index is 666. The fourth-order valence-electron chi connectivity index (χ4n) is 3.47. The molecule has 2 aliphatic rings. The van der Waals surface area contributed by atoms with E-state index < -0.39 is 0 Å². The zero-order valence-electron chi connectivity index (χ0n) is 11.0. The summed E-state index contributed by atoms with van der Waals surface area (Å²) in [6, 6.07) is 9.41. The highest BCUT2D eigenvalue weighted by atomic mass is 19.1. The van der Waals surface area contributed by atoms with E-state index >= 15 is 0 Å². The van der Waals surface area contributed by atoms with Crippen molar-refractivity contribution in [3.8, 4) is 0 Å². The number of fused-ring (bicyclic) bond motifs is 3. The van der Waals surface area contributed by atoms with Gasteiger partial charge in [0.25, 0.3) is 0 Å². The maximum Gasteiger partial charge on any atom is 0.123 e. The average molecular weight is 266 g/mol. The maximum absolute atomic E-state index is 13.5. The van der Waals surface area contributed by atoms with E-state index in [4.69, 9.17) is 0 Å². The third kappa shape index (κ3) is 1.73. The Morgan fingerprint density at radius 3 is 2.85 bits per heavy atom. The maximum atomic E-state index is 13.5. The van der Waals surface area contributed by atoms with Gasteiger partial charge in [-0.1, -0.05) is 12.2 Å². The first kappa shape index (κ1) is 11.6. The predicted octanol–water partition coefficient (Wildman–Crippen LogP) is 4.05. The standard InChI is InChI=1S/C17H15FN2/c18-12-4-5-16-15(10-12)13-2-1-3-14(13)17(20-16)11-6-8-19-9-7-11/h1-2,4-10,13-14,17,20H,3H2/t13-,14-,17+/m0/s1. The molecule has 1 N–H and O–H groups in total. The number of nitrogens with one attached hydrogen (secondary N) is 1. The molecule has 0 amide bonds. The number of nitrogens with zero attached hydrogens (tertiary/aromatic N) is 1. The molecule has 4 rings (SSSR count). The normalized spacial score (nSPS) is 26.8.